The molecule has 6 heteroatoms. The van der Waals surface area contributed by atoms with E-state index in [4.69, 9.17) is 9.47 Å². The van der Waals surface area contributed by atoms with E-state index < -0.39 is 0 Å². The maximum atomic E-state index is 12.4. The molecule has 0 saturated carbocycles. The number of benzene rings is 2. The first-order valence-electron chi connectivity index (χ1n) is 9.73. The second kappa shape index (κ2) is 9.78. The lowest BCUT2D eigenvalue weighted by Crippen LogP contribution is -2.26. The predicted molar refractivity (Wildman–Crippen MR) is 108 cm³/mol. The van der Waals surface area contributed by atoms with Gasteiger partial charge in [-0.15, -0.1) is 0 Å². The van der Waals surface area contributed by atoms with Gasteiger partial charge in [0, 0.05) is 13.0 Å². The smallest absolute Gasteiger partial charge is 0.253 e. The number of nitrogens with one attached hydrogen (secondary N) is 2. The number of amides is 2. The van der Waals surface area contributed by atoms with Crippen molar-refractivity contribution in [2.75, 3.05) is 25.1 Å². The Hall–Kier alpha value is -3.02. The Labute approximate surface area is 165 Å². The van der Waals surface area contributed by atoms with E-state index in [2.05, 4.69) is 17.6 Å². The number of rotatable bonds is 8. The van der Waals surface area contributed by atoms with Crippen LogP contribution >= 0.6 is 0 Å². The highest BCUT2D eigenvalue weighted by atomic mass is 16.6. The molecule has 1 aliphatic heterocycles. The number of hydrogen-bond donors (Lipinski definition) is 2. The van der Waals surface area contributed by atoms with Gasteiger partial charge in [-0.1, -0.05) is 31.5 Å². The summed E-state index contributed by atoms with van der Waals surface area (Å²) in [7, 11) is 0. The standard InChI is InChI=1S/C22H26N2O4/c1-2-3-12-23-22(26)17-6-4-5-7-18(17)24-21(25)11-9-16-8-10-19-20(15-16)28-14-13-27-19/h4-8,10,15H,2-3,9,11-14H2,1H3,(H,23,26)(H,24,25). The molecule has 2 N–H and O–H groups in total. The van der Waals surface area contributed by atoms with Gasteiger partial charge in [-0.2, -0.15) is 0 Å². The van der Waals surface area contributed by atoms with Crippen molar-refractivity contribution in [1.29, 1.82) is 0 Å². The van der Waals surface area contributed by atoms with Gasteiger partial charge in [0.25, 0.3) is 5.91 Å². The number of para-hydroxylation sites is 1. The van der Waals surface area contributed by atoms with E-state index in [9.17, 15) is 9.59 Å². The molecule has 0 aliphatic carbocycles. The topological polar surface area (TPSA) is 76.7 Å². The number of aryl methyl sites for hydroxylation is 1. The Kier molecular flexibility index (Phi) is 6.89. The van der Waals surface area contributed by atoms with Crippen molar-refractivity contribution in [3.05, 3.63) is 53.6 Å². The average Bonchev–Trinajstić information content (AvgIpc) is 2.72. The zero-order chi connectivity index (χ0) is 19.8. The first-order valence-corrected chi connectivity index (χ1v) is 9.73. The van der Waals surface area contributed by atoms with Crippen LogP contribution in [0.4, 0.5) is 5.69 Å². The number of carbonyl (C=O) groups is 2. The Bertz CT molecular complexity index is 835. The molecular formula is C22H26N2O4. The highest BCUT2D eigenvalue weighted by molar-refractivity contribution is 6.03. The third kappa shape index (κ3) is 5.25. The first kappa shape index (κ1) is 19.7. The van der Waals surface area contributed by atoms with E-state index in [1.54, 1.807) is 24.3 Å². The van der Waals surface area contributed by atoms with Gasteiger partial charge in [-0.3, -0.25) is 9.59 Å². The van der Waals surface area contributed by atoms with Gasteiger partial charge in [0.15, 0.2) is 11.5 Å². The van der Waals surface area contributed by atoms with Gasteiger partial charge in [0.1, 0.15) is 13.2 Å². The fourth-order valence-electron chi connectivity index (χ4n) is 2.98. The number of anilines is 1. The third-order valence-electron chi connectivity index (χ3n) is 4.51. The molecule has 0 aromatic heterocycles. The number of unbranched alkanes of at least 4 members (excludes halogenated alkanes) is 1. The SMILES string of the molecule is CCCCNC(=O)c1ccccc1NC(=O)CCc1ccc2c(c1)OCCO2. The van der Waals surface area contributed by atoms with Crippen molar-refractivity contribution in [1.82, 2.24) is 5.32 Å². The van der Waals surface area contributed by atoms with E-state index in [0.717, 1.165) is 29.9 Å². The van der Waals surface area contributed by atoms with Crippen molar-refractivity contribution in [3.8, 4) is 11.5 Å². The molecule has 0 fully saturated rings. The van der Waals surface area contributed by atoms with Crippen molar-refractivity contribution in [3.63, 3.8) is 0 Å². The van der Waals surface area contributed by atoms with E-state index in [0.29, 0.717) is 43.9 Å². The summed E-state index contributed by atoms with van der Waals surface area (Å²) in [4.78, 5) is 24.8. The Morgan fingerprint density at radius 2 is 1.82 bits per heavy atom. The lowest BCUT2D eigenvalue weighted by molar-refractivity contribution is -0.116. The van der Waals surface area contributed by atoms with Crippen LogP contribution in [0.2, 0.25) is 0 Å². The summed E-state index contributed by atoms with van der Waals surface area (Å²) in [6.07, 6.45) is 2.83. The lowest BCUT2D eigenvalue weighted by atomic mass is 10.1. The van der Waals surface area contributed by atoms with Crippen LogP contribution in [0.1, 0.15) is 42.1 Å². The molecule has 0 radical (unpaired) electrons. The normalized spacial score (nSPS) is 12.3. The van der Waals surface area contributed by atoms with E-state index in [1.165, 1.54) is 0 Å². The first-order chi connectivity index (χ1) is 13.7. The number of fused-ring (bicyclic) bond motifs is 1. The highest BCUT2D eigenvalue weighted by Crippen LogP contribution is 2.31. The Morgan fingerprint density at radius 1 is 1.04 bits per heavy atom. The van der Waals surface area contributed by atoms with Crippen LogP contribution in [0.25, 0.3) is 0 Å². The lowest BCUT2D eigenvalue weighted by Gasteiger charge is -2.18. The third-order valence-corrected chi connectivity index (χ3v) is 4.51. The monoisotopic (exact) mass is 382 g/mol. The van der Waals surface area contributed by atoms with Crippen LogP contribution in [0.5, 0.6) is 11.5 Å². The van der Waals surface area contributed by atoms with Crippen LogP contribution in [-0.2, 0) is 11.2 Å². The van der Waals surface area contributed by atoms with Gasteiger partial charge in [-0.25, -0.2) is 0 Å². The summed E-state index contributed by atoms with van der Waals surface area (Å²) in [6.45, 7) is 3.79. The molecule has 1 heterocycles. The van der Waals surface area contributed by atoms with Crippen LogP contribution in [0, 0.1) is 0 Å². The van der Waals surface area contributed by atoms with E-state index in [-0.39, 0.29) is 11.8 Å². The van der Waals surface area contributed by atoms with Gasteiger partial charge < -0.3 is 20.1 Å². The second-order valence-corrected chi connectivity index (χ2v) is 6.68. The Morgan fingerprint density at radius 3 is 2.64 bits per heavy atom. The fourth-order valence-corrected chi connectivity index (χ4v) is 2.98. The zero-order valence-electron chi connectivity index (χ0n) is 16.1. The largest absolute Gasteiger partial charge is 0.486 e. The Balaban J connectivity index is 1.57. The summed E-state index contributed by atoms with van der Waals surface area (Å²) in [5, 5.41) is 5.74. The molecule has 0 atom stereocenters. The number of hydrogen-bond acceptors (Lipinski definition) is 4. The fraction of sp³-hybridized carbons (Fsp3) is 0.364. The van der Waals surface area contributed by atoms with Gasteiger partial charge in [-0.05, 0) is 42.7 Å². The molecule has 0 spiro atoms. The minimum Gasteiger partial charge on any atom is -0.486 e. The summed E-state index contributed by atoms with van der Waals surface area (Å²) < 4.78 is 11.1. The molecule has 6 nitrogen and oxygen atoms in total. The molecule has 148 valence electrons. The van der Waals surface area contributed by atoms with Crippen LogP contribution < -0.4 is 20.1 Å². The molecule has 0 saturated heterocycles. The molecular weight excluding hydrogens is 356 g/mol. The van der Waals surface area contributed by atoms with Crippen molar-refractivity contribution in [2.45, 2.75) is 32.6 Å². The maximum Gasteiger partial charge on any atom is 0.253 e. The van der Waals surface area contributed by atoms with Gasteiger partial charge in [0.2, 0.25) is 5.91 Å². The number of ether oxygens (including phenoxy) is 2. The number of carbonyl (C=O) groups excluding carboxylic acids is 2. The summed E-state index contributed by atoms with van der Waals surface area (Å²) in [5.41, 5.74) is 2.01. The van der Waals surface area contributed by atoms with E-state index in [1.807, 2.05) is 18.2 Å². The summed E-state index contributed by atoms with van der Waals surface area (Å²) in [5.74, 6) is 1.15. The van der Waals surface area contributed by atoms with Crippen molar-refractivity contribution >= 4 is 17.5 Å². The predicted octanol–water partition coefficient (Wildman–Crippen LogP) is 3.56. The summed E-state index contributed by atoms with van der Waals surface area (Å²) >= 11 is 0. The van der Waals surface area contributed by atoms with Crippen molar-refractivity contribution in [2.24, 2.45) is 0 Å². The molecule has 0 unspecified atom stereocenters. The van der Waals surface area contributed by atoms with Crippen LogP contribution in [-0.4, -0.2) is 31.6 Å². The molecule has 1 aliphatic rings. The second-order valence-electron chi connectivity index (χ2n) is 6.68. The highest BCUT2D eigenvalue weighted by Gasteiger charge is 2.14. The van der Waals surface area contributed by atoms with Gasteiger partial charge in [0.05, 0.1) is 11.3 Å². The van der Waals surface area contributed by atoms with Crippen LogP contribution in [0.3, 0.4) is 0 Å². The van der Waals surface area contributed by atoms with Gasteiger partial charge >= 0.3 is 0 Å². The quantitative estimate of drug-likeness (QED) is 0.685. The summed E-state index contributed by atoms with van der Waals surface area (Å²) in [6, 6.07) is 12.8. The average molecular weight is 382 g/mol. The minimum absolute atomic E-state index is 0.135. The van der Waals surface area contributed by atoms with Crippen LogP contribution in [0.15, 0.2) is 42.5 Å². The maximum absolute atomic E-state index is 12.4. The molecule has 2 aromatic carbocycles. The molecule has 28 heavy (non-hydrogen) atoms. The zero-order valence-corrected chi connectivity index (χ0v) is 16.1. The molecule has 2 amide bonds. The minimum atomic E-state index is -0.170. The molecule has 3 rings (SSSR count). The van der Waals surface area contributed by atoms with Crippen molar-refractivity contribution < 1.29 is 19.1 Å². The molecule has 0 bridgehead atoms. The molecule has 2 aromatic rings. The van der Waals surface area contributed by atoms with E-state index >= 15 is 0 Å².